The van der Waals surface area contributed by atoms with Gasteiger partial charge in [-0.15, -0.1) is 5.73 Å². The summed E-state index contributed by atoms with van der Waals surface area (Å²) in [6.45, 7) is 10.1. The van der Waals surface area contributed by atoms with E-state index < -0.39 is 0 Å². The summed E-state index contributed by atoms with van der Waals surface area (Å²) in [6.07, 6.45) is 5.79. The van der Waals surface area contributed by atoms with Crippen molar-refractivity contribution < 1.29 is 4.79 Å². The maximum atomic E-state index is 12.3. The molecule has 1 aliphatic carbocycles. The molecule has 0 N–H and O–H groups in total. The fourth-order valence-electron chi connectivity index (χ4n) is 2.90. The Kier molecular flexibility index (Phi) is 3.93. The van der Waals surface area contributed by atoms with Crippen LogP contribution in [0.15, 0.2) is 18.4 Å². The molecule has 1 fully saturated rings. The van der Waals surface area contributed by atoms with Crippen LogP contribution in [0.25, 0.3) is 0 Å². The molecule has 1 heteroatoms. The molecule has 0 amide bonds. The standard InChI is InChI=1S/C14H22O/c1-5-8-14(7-3)10-11(4)9-12(6-2)13(14)15/h8,11-12H,1,6-7,9-10H2,2-4H3. The molecule has 15 heavy (non-hydrogen) atoms. The third kappa shape index (κ3) is 2.23. The SMILES string of the molecule is C=C=CC1(CC)CC(C)CC(CC)C1=O. The molecule has 0 heterocycles. The van der Waals surface area contributed by atoms with Gasteiger partial charge in [0.25, 0.3) is 0 Å². The maximum Gasteiger partial charge on any atom is 0.146 e. The Balaban J connectivity index is 3.03. The van der Waals surface area contributed by atoms with Gasteiger partial charge in [0.1, 0.15) is 5.78 Å². The van der Waals surface area contributed by atoms with E-state index in [9.17, 15) is 4.79 Å². The maximum absolute atomic E-state index is 12.3. The van der Waals surface area contributed by atoms with Crippen LogP contribution < -0.4 is 0 Å². The number of carbonyl (C=O) groups excluding carboxylic acids is 1. The van der Waals surface area contributed by atoms with Crippen molar-refractivity contribution in [3.05, 3.63) is 18.4 Å². The highest BCUT2D eigenvalue weighted by Gasteiger charge is 2.43. The van der Waals surface area contributed by atoms with Gasteiger partial charge >= 0.3 is 0 Å². The van der Waals surface area contributed by atoms with Crippen molar-refractivity contribution in [1.82, 2.24) is 0 Å². The van der Waals surface area contributed by atoms with Gasteiger partial charge in [0.05, 0.1) is 5.41 Å². The van der Waals surface area contributed by atoms with Crippen LogP contribution in [0.2, 0.25) is 0 Å². The Morgan fingerprint density at radius 1 is 1.60 bits per heavy atom. The monoisotopic (exact) mass is 206 g/mol. The molecule has 0 aromatic heterocycles. The summed E-state index contributed by atoms with van der Waals surface area (Å²) in [6, 6.07) is 0. The minimum Gasteiger partial charge on any atom is -0.298 e. The second kappa shape index (κ2) is 4.81. The minimum atomic E-state index is -0.264. The molecule has 0 spiro atoms. The first-order chi connectivity index (χ1) is 7.09. The van der Waals surface area contributed by atoms with Crippen LogP contribution in [0.1, 0.15) is 46.5 Å². The van der Waals surface area contributed by atoms with E-state index in [1.807, 2.05) is 6.08 Å². The lowest BCUT2D eigenvalue weighted by Gasteiger charge is -2.39. The van der Waals surface area contributed by atoms with Crippen molar-refractivity contribution in [2.45, 2.75) is 46.5 Å². The zero-order chi connectivity index (χ0) is 11.5. The third-order valence-electron chi connectivity index (χ3n) is 3.76. The van der Waals surface area contributed by atoms with Gasteiger partial charge in [-0.3, -0.25) is 4.79 Å². The highest BCUT2D eigenvalue weighted by Crippen LogP contribution is 2.43. The van der Waals surface area contributed by atoms with Crippen LogP contribution in [-0.2, 0) is 4.79 Å². The van der Waals surface area contributed by atoms with E-state index in [2.05, 4.69) is 33.1 Å². The van der Waals surface area contributed by atoms with Gasteiger partial charge in [0, 0.05) is 5.92 Å². The van der Waals surface area contributed by atoms with Crippen LogP contribution >= 0.6 is 0 Å². The predicted octanol–water partition coefficient (Wildman–Crippen LogP) is 3.75. The van der Waals surface area contributed by atoms with Gasteiger partial charge in [-0.25, -0.2) is 0 Å². The van der Waals surface area contributed by atoms with Crippen molar-refractivity contribution in [2.75, 3.05) is 0 Å². The summed E-state index contributed by atoms with van der Waals surface area (Å²) in [5.41, 5.74) is 2.57. The zero-order valence-corrected chi connectivity index (χ0v) is 10.2. The van der Waals surface area contributed by atoms with E-state index in [0.29, 0.717) is 11.7 Å². The van der Waals surface area contributed by atoms with E-state index in [1.165, 1.54) is 0 Å². The molecule has 1 aliphatic rings. The van der Waals surface area contributed by atoms with Crippen LogP contribution in [0.5, 0.6) is 0 Å². The first kappa shape index (κ1) is 12.3. The lowest BCUT2D eigenvalue weighted by molar-refractivity contribution is -0.135. The number of carbonyl (C=O) groups is 1. The number of hydrogen-bond donors (Lipinski definition) is 0. The zero-order valence-electron chi connectivity index (χ0n) is 10.2. The molecule has 3 atom stereocenters. The molecule has 1 saturated carbocycles. The average molecular weight is 206 g/mol. The molecule has 1 nitrogen and oxygen atoms in total. The molecule has 0 aromatic rings. The molecular weight excluding hydrogens is 184 g/mol. The lowest BCUT2D eigenvalue weighted by Crippen LogP contribution is -2.40. The van der Waals surface area contributed by atoms with Gasteiger partial charge in [-0.1, -0.05) is 27.4 Å². The number of Topliss-reactive ketones (excluding diaryl/α,β-unsaturated/α-hetero) is 1. The third-order valence-corrected chi connectivity index (χ3v) is 3.76. The fourth-order valence-corrected chi connectivity index (χ4v) is 2.90. The van der Waals surface area contributed by atoms with Crippen molar-refractivity contribution >= 4 is 5.78 Å². The molecule has 0 aliphatic heterocycles. The van der Waals surface area contributed by atoms with E-state index in [0.717, 1.165) is 25.7 Å². The highest BCUT2D eigenvalue weighted by atomic mass is 16.1. The van der Waals surface area contributed by atoms with Crippen molar-refractivity contribution in [1.29, 1.82) is 0 Å². The molecule has 0 aromatic carbocycles. The summed E-state index contributed by atoms with van der Waals surface area (Å²) in [4.78, 5) is 12.3. The molecule has 1 rings (SSSR count). The first-order valence-corrected chi connectivity index (χ1v) is 6.01. The number of hydrogen-bond acceptors (Lipinski definition) is 1. The lowest BCUT2D eigenvalue weighted by atomic mass is 9.63. The second-order valence-corrected chi connectivity index (χ2v) is 4.87. The van der Waals surface area contributed by atoms with Crippen molar-refractivity contribution in [3.8, 4) is 0 Å². The Hall–Kier alpha value is -0.810. The van der Waals surface area contributed by atoms with Gasteiger partial charge in [-0.2, -0.15) is 0 Å². The average Bonchev–Trinajstić information content (AvgIpc) is 2.23. The Bertz CT molecular complexity index is 286. The van der Waals surface area contributed by atoms with Crippen molar-refractivity contribution in [3.63, 3.8) is 0 Å². The molecular formula is C14H22O. The van der Waals surface area contributed by atoms with Gasteiger partial charge < -0.3 is 0 Å². The summed E-state index contributed by atoms with van der Waals surface area (Å²) in [5.74, 6) is 1.30. The first-order valence-electron chi connectivity index (χ1n) is 6.01. The van der Waals surface area contributed by atoms with Gasteiger partial charge in [0.15, 0.2) is 0 Å². The molecule has 0 bridgehead atoms. The van der Waals surface area contributed by atoms with Crippen LogP contribution in [0.3, 0.4) is 0 Å². The molecule has 0 saturated heterocycles. The Morgan fingerprint density at radius 2 is 2.27 bits per heavy atom. The van der Waals surface area contributed by atoms with E-state index in [-0.39, 0.29) is 11.3 Å². The van der Waals surface area contributed by atoms with Gasteiger partial charge in [0.2, 0.25) is 0 Å². The Morgan fingerprint density at radius 3 is 2.73 bits per heavy atom. The number of rotatable bonds is 3. The summed E-state index contributed by atoms with van der Waals surface area (Å²) < 4.78 is 0. The normalized spacial score (nSPS) is 36.1. The quantitative estimate of drug-likeness (QED) is 0.643. The van der Waals surface area contributed by atoms with E-state index in [1.54, 1.807) is 0 Å². The Labute approximate surface area is 93.3 Å². The predicted molar refractivity (Wildman–Crippen MR) is 63.6 cm³/mol. The van der Waals surface area contributed by atoms with Gasteiger partial charge in [-0.05, 0) is 37.7 Å². The molecule has 0 radical (unpaired) electrons. The number of ketones is 1. The summed E-state index contributed by atoms with van der Waals surface area (Å²) >= 11 is 0. The van der Waals surface area contributed by atoms with E-state index >= 15 is 0 Å². The van der Waals surface area contributed by atoms with E-state index in [4.69, 9.17) is 0 Å². The van der Waals surface area contributed by atoms with Crippen LogP contribution in [0.4, 0.5) is 0 Å². The van der Waals surface area contributed by atoms with Crippen LogP contribution in [0, 0.1) is 17.3 Å². The van der Waals surface area contributed by atoms with Crippen molar-refractivity contribution in [2.24, 2.45) is 17.3 Å². The summed E-state index contributed by atoms with van der Waals surface area (Å²) in [7, 11) is 0. The summed E-state index contributed by atoms with van der Waals surface area (Å²) in [5, 5.41) is 0. The molecule has 84 valence electrons. The highest BCUT2D eigenvalue weighted by molar-refractivity contribution is 5.89. The number of allylic oxidation sites excluding steroid dienone is 1. The topological polar surface area (TPSA) is 17.1 Å². The largest absolute Gasteiger partial charge is 0.298 e. The fraction of sp³-hybridized carbons (Fsp3) is 0.714. The second-order valence-electron chi connectivity index (χ2n) is 4.87. The minimum absolute atomic E-state index is 0.248. The van der Waals surface area contributed by atoms with Crippen LogP contribution in [-0.4, -0.2) is 5.78 Å². The smallest absolute Gasteiger partial charge is 0.146 e. The molecule has 3 unspecified atom stereocenters.